The third kappa shape index (κ3) is 2.19. The predicted octanol–water partition coefficient (Wildman–Crippen LogP) is 0.852. The Morgan fingerprint density at radius 1 is 1.50 bits per heavy atom. The van der Waals surface area contributed by atoms with Crippen LogP contribution in [0.3, 0.4) is 0 Å². The Kier molecular flexibility index (Phi) is 3.28. The summed E-state index contributed by atoms with van der Waals surface area (Å²) in [4.78, 5) is 35.1. The fourth-order valence-corrected chi connectivity index (χ4v) is 1.82. The molecule has 0 aromatic carbocycles. The first-order chi connectivity index (χ1) is 7.16. The molecule has 2 unspecified atom stereocenters. The molecule has 1 aliphatic heterocycles. The number of β-lactam (4-membered cyclic amide) rings is 1. The van der Waals surface area contributed by atoms with Gasteiger partial charge in [-0.05, 0) is 0 Å². The lowest BCUT2D eigenvalue weighted by atomic mass is 9.85. The smallest absolute Gasteiger partial charge is 0.334 e. The van der Waals surface area contributed by atoms with Gasteiger partial charge in [-0.1, -0.05) is 32.4 Å². The maximum absolute atomic E-state index is 11.9. The SMILES string of the molecule is CC(C)(C)C(=O)C(C(=O)O)N1C(=O)CC1Cl. The average molecular weight is 248 g/mol. The monoisotopic (exact) mass is 247 g/mol. The van der Waals surface area contributed by atoms with Gasteiger partial charge in [-0.2, -0.15) is 0 Å². The number of alkyl halides is 1. The minimum atomic E-state index is -1.47. The van der Waals surface area contributed by atoms with Crippen LogP contribution in [0.25, 0.3) is 0 Å². The average Bonchev–Trinajstić information content (AvgIpc) is 2.11. The Hall–Kier alpha value is -1.10. The number of carbonyl (C=O) groups excluding carboxylic acids is 2. The molecule has 1 rings (SSSR count). The summed E-state index contributed by atoms with van der Waals surface area (Å²) in [5, 5.41) is 9.00. The topological polar surface area (TPSA) is 74.7 Å². The van der Waals surface area contributed by atoms with Gasteiger partial charge in [-0.25, -0.2) is 4.79 Å². The molecule has 0 radical (unpaired) electrons. The number of Topliss-reactive ketones (excluding diaryl/α,β-unsaturated/α-hetero) is 1. The first-order valence-electron chi connectivity index (χ1n) is 4.88. The van der Waals surface area contributed by atoms with Crippen molar-refractivity contribution in [2.75, 3.05) is 0 Å². The van der Waals surface area contributed by atoms with Crippen molar-refractivity contribution in [1.82, 2.24) is 4.90 Å². The van der Waals surface area contributed by atoms with Crippen molar-refractivity contribution in [2.45, 2.75) is 38.7 Å². The maximum Gasteiger partial charge on any atom is 0.334 e. The van der Waals surface area contributed by atoms with Crippen LogP contribution >= 0.6 is 11.6 Å². The quantitative estimate of drug-likeness (QED) is 0.347. The van der Waals surface area contributed by atoms with E-state index in [9.17, 15) is 14.4 Å². The van der Waals surface area contributed by atoms with Crippen molar-refractivity contribution in [3.05, 3.63) is 0 Å². The number of carbonyl (C=O) groups is 3. The Morgan fingerprint density at radius 2 is 2.00 bits per heavy atom. The summed E-state index contributed by atoms with van der Waals surface area (Å²) in [5.74, 6) is -2.25. The van der Waals surface area contributed by atoms with E-state index < -0.39 is 34.6 Å². The predicted molar refractivity (Wildman–Crippen MR) is 57.0 cm³/mol. The molecule has 1 amide bonds. The van der Waals surface area contributed by atoms with Crippen LogP contribution < -0.4 is 0 Å². The molecule has 1 fully saturated rings. The molecule has 1 heterocycles. The minimum absolute atomic E-state index is 0.0861. The molecular weight excluding hydrogens is 234 g/mol. The molecule has 5 nitrogen and oxygen atoms in total. The lowest BCUT2D eigenvalue weighted by molar-refractivity contribution is -0.164. The summed E-state index contributed by atoms with van der Waals surface area (Å²) in [7, 11) is 0. The molecule has 0 saturated carbocycles. The molecule has 16 heavy (non-hydrogen) atoms. The highest BCUT2D eigenvalue weighted by atomic mass is 35.5. The van der Waals surface area contributed by atoms with E-state index in [1.165, 1.54) is 0 Å². The van der Waals surface area contributed by atoms with Crippen molar-refractivity contribution in [3.63, 3.8) is 0 Å². The number of carboxylic acids is 1. The molecule has 90 valence electrons. The third-order valence-corrected chi connectivity index (χ3v) is 2.80. The van der Waals surface area contributed by atoms with Crippen LogP contribution in [0, 0.1) is 5.41 Å². The van der Waals surface area contributed by atoms with Gasteiger partial charge in [0.15, 0.2) is 11.8 Å². The van der Waals surface area contributed by atoms with Crippen molar-refractivity contribution in [3.8, 4) is 0 Å². The zero-order chi connectivity index (χ0) is 12.7. The van der Waals surface area contributed by atoms with Crippen molar-refractivity contribution < 1.29 is 19.5 Å². The Labute approximate surface area is 98.4 Å². The van der Waals surface area contributed by atoms with Crippen molar-refractivity contribution >= 4 is 29.3 Å². The zero-order valence-corrected chi connectivity index (χ0v) is 10.1. The number of amides is 1. The molecule has 1 aliphatic rings. The molecule has 1 saturated heterocycles. The highest BCUT2D eigenvalue weighted by Crippen LogP contribution is 2.29. The fourth-order valence-electron chi connectivity index (χ4n) is 1.47. The van der Waals surface area contributed by atoms with Crippen LogP contribution in [0.15, 0.2) is 0 Å². The molecule has 6 heteroatoms. The number of nitrogens with zero attached hydrogens (tertiary/aromatic N) is 1. The van der Waals surface area contributed by atoms with Gasteiger partial charge in [0, 0.05) is 5.41 Å². The van der Waals surface area contributed by atoms with Gasteiger partial charge in [0.2, 0.25) is 5.91 Å². The minimum Gasteiger partial charge on any atom is -0.479 e. The molecule has 0 spiro atoms. The number of carboxylic acid groups (broad SMARTS) is 1. The van der Waals surface area contributed by atoms with Crippen LogP contribution in [0.4, 0.5) is 0 Å². The number of hydrogen-bond acceptors (Lipinski definition) is 3. The molecule has 0 aromatic rings. The largest absolute Gasteiger partial charge is 0.479 e. The van der Waals surface area contributed by atoms with Gasteiger partial charge < -0.3 is 10.0 Å². The summed E-state index contributed by atoms with van der Waals surface area (Å²) in [5.41, 5.74) is -1.52. The van der Waals surface area contributed by atoms with E-state index in [2.05, 4.69) is 0 Å². The number of aliphatic carboxylic acids is 1. The lowest BCUT2D eigenvalue weighted by Gasteiger charge is -2.41. The van der Waals surface area contributed by atoms with Gasteiger partial charge in [-0.3, -0.25) is 9.59 Å². The summed E-state index contributed by atoms with van der Waals surface area (Å²) in [6.07, 6.45) is 0.0861. The number of rotatable bonds is 3. The summed E-state index contributed by atoms with van der Waals surface area (Å²) in [6.45, 7) is 4.83. The van der Waals surface area contributed by atoms with Crippen LogP contribution in [0.5, 0.6) is 0 Å². The van der Waals surface area contributed by atoms with E-state index in [0.717, 1.165) is 4.90 Å². The van der Waals surface area contributed by atoms with E-state index in [1.807, 2.05) is 0 Å². The van der Waals surface area contributed by atoms with Gasteiger partial charge in [0.25, 0.3) is 0 Å². The lowest BCUT2D eigenvalue weighted by Crippen LogP contribution is -2.62. The summed E-state index contributed by atoms with van der Waals surface area (Å²) < 4.78 is 0. The van der Waals surface area contributed by atoms with Crippen LogP contribution in [0.1, 0.15) is 27.2 Å². The second kappa shape index (κ2) is 4.05. The van der Waals surface area contributed by atoms with E-state index >= 15 is 0 Å². The molecule has 0 bridgehead atoms. The Morgan fingerprint density at radius 3 is 2.25 bits per heavy atom. The Bertz CT molecular complexity index is 347. The normalized spacial score (nSPS) is 22.6. The number of ketones is 1. The van der Waals surface area contributed by atoms with Crippen molar-refractivity contribution in [1.29, 1.82) is 0 Å². The first kappa shape index (κ1) is 13.0. The van der Waals surface area contributed by atoms with Crippen LogP contribution in [-0.4, -0.2) is 39.2 Å². The molecular formula is C10H14ClNO4. The van der Waals surface area contributed by atoms with Gasteiger partial charge in [-0.15, -0.1) is 0 Å². The van der Waals surface area contributed by atoms with Gasteiger partial charge >= 0.3 is 5.97 Å². The fraction of sp³-hybridized carbons (Fsp3) is 0.700. The van der Waals surface area contributed by atoms with E-state index in [4.69, 9.17) is 16.7 Å². The Balaban J connectivity index is 2.97. The molecule has 2 atom stereocenters. The summed E-state index contributed by atoms with van der Waals surface area (Å²) in [6, 6.07) is -1.47. The second-order valence-electron chi connectivity index (χ2n) is 4.79. The zero-order valence-electron chi connectivity index (χ0n) is 9.36. The molecule has 1 N–H and O–H groups in total. The number of hydrogen-bond donors (Lipinski definition) is 1. The maximum atomic E-state index is 11.9. The van der Waals surface area contributed by atoms with Crippen LogP contribution in [0.2, 0.25) is 0 Å². The summed E-state index contributed by atoms with van der Waals surface area (Å²) >= 11 is 5.73. The van der Waals surface area contributed by atoms with Gasteiger partial charge in [0.05, 0.1) is 6.42 Å². The first-order valence-corrected chi connectivity index (χ1v) is 5.32. The number of likely N-dealkylation sites (tertiary alicyclic amines) is 1. The highest BCUT2D eigenvalue weighted by Gasteiger charge is 2.48. The van der Waals surface area contributed by atoms with Crippen LogP contribution in [-0.2, 0) is 14.4 Å². The third-order valence-electron chi connectivity index (χ3n) is 2.43. The second-order valence-corrected chi connectivity index (χ2v) is 5.30. The highest BCUT2D eigenvalue weighted by molar-refractivity contribution is 6.26. The van der Waals surface area contributed by atoms with Gasteiger partial charge in [0.1, 0.15) is 5.50 Å². The molecule has 0 aromatic heterocycles. The van der Waals surface area contributed by atoms with Crippen molar-refractivity contribution in [2.24, 2.45) is 5.41 Å². The van der Waals surface area contributed by atoms with E-state index in [0.29, 0.717) is 0 Å². The molecule has 0 aliphatic carbocycles. The van der Waals surface area contributed by atoms with E-state index in [-0.39, 0.29) is 6.42 Å². The standard InChI is InChI=1S/C10H14ClNO4/c1-10(2,3)8(14)7(9(15)16)12-5(11)4-6(12)13/h5,7H,4H2,1-3H3,(H,15,16). The van der Waals surface area contributed by atoms with E-state index in [1.54, 1.807) is 20.8 Å². The number of halogens is 1.